The molecule has 12 heteroatoms. The van der Waals surface area contributed by atoms with Gasteiger partial charge in [-0.1, -0.05) is 39.0 Å². The van der Waals surface area contributed by atoms with Crippen LogP contribution in [0.5, 0.6) is 11.5 Å². The van der Waals surface area contributed by atoms with E-state index in [4.69, 9.17) is 14.5 Å². The van der Waals surface area contributed by atoms with Crippen molar-refractivity contribution in [2.45, 2.75) is 39.0 Å². The van der Waals surface area contributed by atoms with E-state index in [1.165, 1.54) is 11.3 Å². The Morgan fingerprint density at radius 3 is 2.22 bits per heavy atom. The van der Waals surface area contributed by atoms with Gasteiger partial charge in [0.25, 0.3) is 5.91 Å². The standard InChI is InChI=1S/C29H38N4O5S2.ClH/c1-5-31(6-2)11-12-33(29-30-24-16-25-26(17-27(24)39-29)38-14-13-37-25)28(34)22-7-9-23(10-8-22)40(35,36)32-18-20(3)15-21(4)19-32;/h7-10,16-17,20-21H,5-6,11-15,18-19H2,1-4H3;1H. The molecule has 41 heavy (non-hydrogen) atoms. The number of rotatable bonds is 9. The Morgan fingerprint density at radius 1 is 1.00 bits per heavy atom. The summed E-state index contributed by atoms with van der Waals surface area (Å²) < 4.78 is 40.7. The quantitative estimate of drug-likeness (QED) is 0.326. The molecule has 0 radical (unpaired) electrons. The second-order valence-electron chi connectivity index (χ2n) is 10.7. The van der Waals surface area contributed by atoms with Gasteiger partial charge in [0, 0.05) is 43.9 Å². The highest BCUT2D eigenvalue weighted by Gasteiger charge is 2.32. The van der Waals surface area contributed by atoms with Crippen molar-refractivity contribution in [1.29, 1.82) is 0 Å². The van der Waals surface area contributed by atoms with Crippen LogP contribution in [0.2, 0.25) is 0 Å². The maximum Gasteiger partial charge on any atom is 0.260 e. The molecule has 1 saturated heterocycles. The molecule has 224 valence electrons. The Hall–Kier alpha value is -2.44. The summed E-state index contributed by atoms with van der Waals surface area (Å²) in [6.45, 7) is 13.3. The van der Waals surface area contributed by atoms with Gasteiger partial charge in [-0.15, -0.1) is 12.4 Å². The number of aromatic nitrogens is 1. The van der Waals surface area contributed by atoms with Gasteiger partial charge in [-0.3, -0.25) is 9.69 Å². The van der Waals surface area contributed by atoms with Crippen LogP contribution in [0.25, 0.3) is 10.2 Å². The van der Waals surface area contributed by atoms with Gasteiger partial charge in [0.1, 0.15) is 13.2 Å². The number of nitrogens with zero attached hydrogens (tertiary/aromatic N) is 4. The number of halogens is 1. The van der Waals surface area contributed by atoms with E-state index in [0.717, 1.165) is 29.7 Å². The summed E-state index contributed by atoms with van der Waals surface area (Å²) in [5.41, 5.74) is 1.17. The Morgan fingerprint density at radius 2 is 1.61 bits per heavy atom. The first-order valence-corrected chi connectivity index (χ1v) is 16.3. The van der Waals surface area contributed by atoms with Gasteiger partial charge in [0.15, 0.2) is 16.6 Å². The third-order valence-corrected chi connectivity index (χ3v) is 10.5. The largest absolute Gasteiger partial charge is 0.486 e. The summed E-state index contributed by atoms with van der Waals surface area (Å²) in [5.74, 6) is 1.76. The molecule has 0 aliphatic carbocycles. The third kappa shape index (κ3) is 6.80. The molecule has 0 N–H and O–H groups in total. The minimum Gasteiger partial charge on any atom is -0.486 e. The van der Waals surface area contributed by atoms with Crippen LogP contribution in [0.4, 0.5) is 5.13 Å². The lowest BCUT2D eigenvalue weighted by Crippen LogP contribution is -2.42. The normalized spacial score (nSPS) is 19.2. The molecule has 0 bridgehead atoms. The van der Waals surface area contributed by atoms with E-state index in [0.29, 0.717) is 73.4 Å². The third-order valence-electron chi connectivity index (χ3n) is 7.63. The van der Waals surface area contributed by atoms with Crippen molar-refractivity contribution < 1.29 is 22.7 Å². The van der Waals surface area contributed by atoms with Crippen molar-refractivity contribution in [3.05, 3.63) is 42.0 Å². The van der Waals surface area contributed by atoms with Crippen LogP contribution in [-0.4, -0.2) is 81.0 Å². The molecule has 9 nitrogen and oxygen atoms in total. The topological polar surface area (TPSA) is 92.3 Å². The van der Waals surface area contributed by atoms with E-state index in [1.54, 1.807) is 33.5 Å². The number of hydrogen-bond acceptors (Lipinski definition) is 8. The fourth-order valence-electron chi connectivity index (χ4n) is 5.51. The van der Waals surface area contributed by atoms with Gasteiger partial charge in [-0.05, 0) is 55.6 Å². The summed E-state index contributed by atoms with van der Waals surface area (Å²) in [6, 6.07) is 10.1. The molecular weight excluding hydrogens is 584 g/mol. The van der Waals surface area contributed by atoms with Gasteiger partial charge >= 0.3 is 0 Å². The molecule has 1 aromatic heterocycles. The molecule has 0 spiro atoms. The van der Waals surface area contributed by atoms with Crippen molar-refractivity contribution in [3.63, 3.8) is 0 Å². The van der Waals surface area contributed by atoms with E-state index < -0.39 is 10.0 Å². The molecule has 1 amide bonds. The number of fused-ring (bicyclic) bond motifs is 2. The summed E-state index contributed by atoms with van der Waals surface area (Å²) in [6.07, 6.45) is 1.03. The van der Waals surface area contributed by atoms with Gasteiger partial charge in [0.2, 0.25) is 10.0 Å². The van der Waals surface area contributed by atoms with Crippen LogP contribution in [0.15, 0.2) is 41.3 Å². The average Bonchev–Trinajstić information content (AvgIpc) is 3.35. The first kappa shape index (κ1) is 31.5. The van der Waals surface area contributed by atoms with Crippen LogP contribution in [-0.2, 0) is 10.0 Å². The lowest BCUT2D eigenvalue weighted by atomic mass is 9.94. The summed E-state index contributed by atoms with van der Waals surface area (Å²) in [4.78, 5) is 22.8. The van der Waals surface area contributed by atoms with Crippen molar-refractivity contribution in [3.8, 4) is 11.5 Å². The van der Waals surface area contributed by atoms with Gasteiger partial charge in [-0.25, -0.2) is 13.4 Å². The fraction of sp³-hybridized carbons (Fsp3) is 0.517. The van der Waals surface area contributed by atoms with Crippen LogP contribution in [0.3, 0.4) is 0 Å². The number of likely N-dealkylation sites (N-methyl/N-ethyl adjacent to an activating group) is 1. The van der Waals surface area contributed by atoms with Crippen LogP contribution < -0.4 is 14.4 Å². The number of thiazole rings is 1. The van der Waals surface area contributed by atoms with Crippen LogP contribution in [0, 0.1) is 11.8 Å². The van der Waals surface area contributed by atoms with Crippen molar-refractivity contribution >= 4 is 55.0 Å². The number of piperidine rings is 1. The van der Waals surface area contributed by atoms with Gasteiger partial charge in [-0.2, -0.15) is 4.31 Å². The summed E-state index contributed by atoms with van der Waals surface area (Å²) in [5, 5.41) is 0.586. The highest BCUT2D eigenvalue weighted by molar-refractivity contribution is 7.89. The molecule has 2 unspecified atom stereocenters. The predicted molar refractivity (Wildman–Crippen MR) is 165 cm³/mol. The van der Waals surface area contributed by atoms with Gasteiger partial charge in [0.05, 0.1) is 15.1 Å². The maximum atomic E-state index is 13.9. The average molecular weight is 623 g/mol. The molecule has 2 aromatic carbocycles. The molecule has 2 atom stereocenters. The molecule has 1 fully saturated rings. The number of carbonyl (C=O) groups excluding carboxylic acids is 1. The number of sulfonamides is 1. The van der Waals surface area contributed by atoms with E-state index in [-0.39, 0.29) is 23.2 Å². The van der Waals surface area contributed by atoms with Gasteiger partial charge < -0.3 is 14.4 Å². The number of amides is 1. The van der Waals surface area contributed by atoms with E-state index in [1.807, 2.05) is 12.1 Å². The Labute approximate surface area is 252 Å². The second-order valence-corrected chi connectivity index (χ2v) is 13.7. The highest BCUT2D eigenvalue weighted by Crippen LogP contribution is 2.39. The maximum absolute atomic E-state index is 13.9. The molecule has 2 aliphatic heterocycles. The zero-order chi connectivity index (χ0) is 28.4. The Balaban J connectivity index is 0.00000387. The smallest absolute Gasteiger partial charge is 0.260 e. The lowest BCUT2D eigenvalue weighted by Gasteiger charge is -2.34. The van der Waals surface area contributed by atoms with Crippen LogP contribution in [0.1, 0.15) is 44.5 Å². The van der Waals surface area contributed by atoms with E-state index >= 15 is 0 Å². The number of ether oxygens (including phenoxy) is 2. The van der Waals surface area contributed by atoms with Crippen LogP contribution >= 0.6 is 23.7 Å². The SMILES string of the molecule is CCN(CC)CCN(C(=O)c1ccc(S(=O)(=O)N2CC(C)CC(C)C2)cc1)c1nc2cc3c(cc2s1)OCCO3.Cl. The van der Waals surface area contributed by atoms with Crippen molar-refractivity contribution in [2.24, 2.45) is 11.8 Å². The summed E-state index contributed by atoms with van der Waals surface area (Å²) >= 11 is 1.43. The molecular formula is C29H39ClN4O5S2. The number of anilines is 1. The fourth-order valence-corrected chi connectivity index (χ4v) is 8.19. The second kappa shape index (κ2) is 13.2. The summed E-state index contributed by atoms with van der Waals surface area (Å²) in [7, 11) is -3.63. The molecule has 2 aliphatic rings. The van der Waals surface area contributed by atoms with Crippen molar-refractivity contribution in [1.82, 2.24) is 14.2 Å². The lowest BCUT2D eigenvalue weighted by molar-refractivity contribution is 0.0983. The first-order chi connectivity index (χ1) is 19.2. The molecule has 3 heterocycles. The minimum absolute atomic E-state index is 0. The molecule has 0 saturated carbocycles. The van der Waals surface area contributed by atoms with Crippen molar-refractivity contribution in [2.75, 3.05) is 57.4 Å². The predicted octanol–water partition coefficient (Wildman–Crippen LogP) is 5.14. The zero-order valence-electron chi connectivity index (χ0n) is 24.0. The Bertz CT molecular complexity index is 1410. The monoisotopic (exact) mass is 622 g/mol. The zero-order valence-corrected chi connectivity index (χ0v) is 26.5. The first-order valence-electron chi connectivity index (χ1n) is 14.0. The van der Waals surface area contributed by atoms with E-state index in [9.17, 15) is 13.2 Å². The minimum atomic E-state index is -3.63. The highest BCUT2D eigenvalue weighted by atomic mass is 35.5. The number of carbonyl (C=O) groups is 1. The Kier molecular flexibility index (Phi) is 10.2. The molecule has 3 aromatic rings. The van der Waals surface area contributed by atoms with E-state index in [2.05, 4.69) is 32.6 Å². The number of benzene rings is 2. The molecule has 5 rings (SSSR count). The number of hydrogen-bond donors (Lipinski definition) is 0.